The molecule has 2 aromatic carbocycles. The van der Waals surface area contributed by atoms with Crippen molar-refractivity contribution in [3.8, 4) is 0 Å². The second kappa shape index (κ2) is 6.87. The van der Waals surface area contributed by atoms with Crippen LogP contribution in [0.3, 0.4) is 0 Å². The first-order valence-electron chi connectivity index (χ1n) is 6.78. The van der Waals surface area contributed by atoms with E-state index in [9.17, 15) is 4.79 Å². The Morgan fingerprint density at radius 1 is 1.05 bits per heavy atom. The van der Waals surface area contributed by atoms with Crippen LogP contribution >= 0.6 is 0 Å². The third-order valence-corrected chi connectivity index (χ3v) is 3.25. The average molecular weight is 268 g/mol. The first kappa shape index (κ1) is 14.3. The predicted molar refractivity (Wildman–Crippen MR) is 81.0 cm³/mol. The van der Waals surface area contributed by atoms with Gasteiger partial charge in [-0.3, -0.25) is 4.79 Å². The maximum atomic E-state index is 10.9. The third-order valence-electron chi connectivity index (χ3n) is 3.25. The van der Waals surface area contributed by atoms with Crippen LogP contribution in [0.2, 0.25) is 0 Å². The van der Waals surface area contributed by atoms with Gasteiger partial charge in [-0.1, -0.05) is 54.6 Å². The molecule has 0 bridgehead atoms. The lowest BCUT2D eigenvalue weighted by atomic mass is 9.99. The molecule has 20 heavy (non-hydrogen) atoms. The second-order valence-corrected chi connectivity index (χ2v) is 4.95. The summed E-state index contributed by atoms with van der Waals surface area (Å²) >= 11 is 0. The lowest BCUT2D eigenvalue weighted by molar-refractivity contribution is -0.119. The predicted octanol–water partition coefficient (Wildman–Crippen LogP) is 2.57. The van der Waals surface area contributed by atoms with E-state index >= 15 is 0 Å². The van der Waals surface area contributed by atoms with Crippen molar-refractivity contribution in [2.75, 3.05) is 0 Å². The Balaban J connectivity index is 1.97. The number of benzene rings is 2. The molecule has 3 N–H and O–H groups in total. The second-order valence-electron chi connectivity index (χ2n) is 4.95. The van der Waals surface area contributed by atoms with Gasteiger partial charge in [0, 0.05) is 19.5 Å². The smallest absolute Gasteiger partial charge is 0.217 e. The maximum absolute atomic E-state index is 10.9. The van der Waals surface area contributed by atoms with E-state index in [1.165, 1.54) is 12.5 Å². The molecule has 2 aromatic rings. The van der Waals surface area contributed by atoms with Crippen molar-refractivity contribution in [2.45, 2.75) is 25.9 Å². The Morgan fingerprint density at radius 3 is 2.30 bits per heavy atom. The summed E-state index contributed by atoms with van der Waals surface area (Å²) < 4.78 is 0. The van der Waals surface area contributed by atoms with Crippen molar-refractivity contribution >= 4 is 5.91 Å². The SMILES string of the molecule is CC(=O)NCc1ccc(C(N)Cc2ccccc2)cc1. The first-order valence-corrected chi connectivity index (χ1v) is 6.78. The number of rotatable bonds is 5. The molecule has 0 aliphatic rings. The van der Waals surface area contributed by atoms with Crippen LogP contribution in [-0.2, 0) is 17.8 Å². The molecular weight excluding hydrogens is 248 g/mol. The highest BCUT2D eigenvalue weighted by molar-refractivity contribution is 5.72. The van der Waals surface area contributed by atoms with Gasteiger partial charge in [0.25, 0.3) is 0 Å². The molecule has 0 aliphatic heterocycles. The monoisotopic (exact) mass is 268 g/mol. The summed E-state index contributed by atoms with van der Waals surface area (Å²) in [6, 6.07) is 18.3. The van der Waals surface area contributed by atoms with E-state index in [4.69, 9.17) is 5.73 Å². The van der Waals surface area contributed by atoms with Crippen LogP contribution < -0.4 is 11.1 Å². The van der Waals surface area contributed by atoms with Gasteiger partial charge in [0.1, 0.15) is 0 Å². The minimum Gasteiger partial charge on any atom is -0.352 e. The van der Waals surface area contributed by atoms with E-state index in [-0.39, 0.29) is 11.9 Å². The van der Waals surface area contributed by atoms with Crippen molar-refractivity contribution < 1.29 is 4.79 Å². The molecule has 0 radical (unpaired) electrons. The lowest BCUT2D eigenvalue weighted by Crippen LogP contribution is -2.19. The van der Waals surface area contributed by atoms with Gasteiger partial charge in [-0.25, -0.2) is 0 Å². The number of carbonyl (C=O) groups excluding carboxylic acids is 1. The summed E-state index contributed by atoms with van der Waals surface area (Å²) in [5.41, 5.74) is 9.66. The molecule has 3 heteroatoms. The molecule has 1 unspecified atom stereocenters. The summed E-state index contributed by atoms with van der Waals surface area (Å²) in [6.07, 6.45) is 0.825. The van der Waals surface area contributed by atoms with Crippen LogP contribution in [0.1, 0.15) is 29.7 Å². The van der Waals surface area contributed by atoms with E-state index in [0.29, 0.717) is 6.54 Å². The fraction of sp³-hybridized carbons (Fsp3) is 0.235. The van der Waals surface area contributed by atoms with Crippen molar-refractivity contribution in [1.29, 1.82) is 0 Å². The van der Waals surface area contributed by atoms with E-state index < -0.39 is 0 Å². The Labute approximate surface area is 119 Å². The van der Waals surface area contributed by atoms with Crippen LogP contribution in [0.4, 0.5) is 0 Å². The van der Waals surface area contributed by atoms with E-state index in [0.717, 1.165) is 17.5 Å². The van der Waals surface area contributed by atoms with Crippen LogP contribution in [-0.4, -0.2) is 5.91 Å². The summed E-state index contributed by atoms with van der Waals surface area (Å²) in [5.74, 6) is -0.0187. The van der Waals surface area contributed by atoms with Crippen LogP contribution in [0.25, 0.3) is 0 Å². The highest BCUT2D eigenvalue weighted by Gasteiger charge is 2.07. The molecule has 0 saturated heterocycles. The maximum Gasteiger partial charge on any atom is 0.217 e. The molecule has 0 spiro atoms. The molecule has 0 heterocycles. The highest BCUT2D eigenvalue weighted by atomic mass is 16.1. The highest BCUT2D eigenvalue weighted by Crippen LogP contribution is 2.16. The fourth-order valence-electron chi connectivity index (χ4n) is 2.10. The third kappa shape index (κ3) is 4.21. The largest absolute Gasteiger partial charge is 0.352 e. The summed E-state index contributed by atoms with van der Waals surface area (Å²) in [6.45, 7) is 2.08. The summed E-state index contributed by atoms with van der Waals surface area (Å²) in [4.78, 5) is 10.9. The number of nitrogens with two attached hydrogens (primary N) is 1. The normalized spacial score (nSPS) is 11.9. The quantitative estimate of drug-likeness (QED) is 0.875. The molecule has 2 rings (SSSR count). The molecular formula is C17H20N2O. The van der Waals surface area contributed by atoms with Crippen molar-refractivity contribution in [3.05, 3.63) is 71.3 Å². The fourth-order valence-corrected chi connectivity index (χ4v) is 2.10. The van der Waals surface area contributed by atoms with Gasteiger partial charge in [0.2, 0.25) is 5.91 Å². The van der Waals surface area contributed by atoms with Gasteiger partial charge < -0.3 is 11.1 Å². The molecule has 1 atom stereocenters. The summed E-state index contributed by atoms with van der Waals surface area (Å²) in [7, 11) is 0. The van der Waals surface area contributed by atoms with Gasteiger partial charge in [-0.15, -0.1) is 0 Å². The Morgan fingerprint density at radius 2 is 1.70 bits per heavy atom. The van der Waals surface area contributed by atoms with Gasteiger partial charge >= 0.3 is 0 Å². The number of amides is 1. The van der Waals surface area contributed by atoms with Gasteiger partial charge in [0.05, 0.1) is 0 Å². The Bertz CT molecular complexity index is 549. The van der Waals surface area contributed by atoms with Crippen LogP contribution in [0, 0.1) is 0 Å². The molecule has 0 aromatic heterocycles. The molecule has 0 saturated carbocycles. The van der Waals surface area contributed by atoms with Gasteiger partial charge in [-0.05, 0) is 23.1 Å². The van der Waals surface area contributed by atoms with E-state index in [1.54, 1.807) is 0 Å². The number of nitrogens with one attached hydrogen (secondary N) is 1. The van der Waals surface area contributed by atoms with Crippen molar-refractivity contribution in [2.24, 2.45) is 5.73 Å². The van der Waals surface area contributed by atoms with Crippen molar-refractivity contribution in [1.82, 2.24) is 5.32 Å². The number of hydrogen-bond acceptors (Lipinski definition) is 2. The van der Waals surface area contributed by atoms with Crippen LogP contribution in [0.15, 0.2) is 54.6 Å². The molecule has 1 amide bonds. The Hall–Kier alpha value is -2.13. The summed E-state index contributed by atoms with van der Waals surface area (Å²) in [5, 5.41) is 2.78. The minimum absolute atomic E-state index is 0.00721. The van der Waals surface area contributed by atoms with Gasteiger partial charge in [-0.2, -0.15) is 0 Å². The van der Waals surface area contributed by atoms with E-state index in [2.05, 4.69) is 17.4 Å². The molecule has 3 nitrogen and oxygen atoms in total. The number of carbonyl (C=O) groups is 1. The zero-order valence-electron chi connectivity index (χ0n) is 11.7. The van der Waals surface area contributed by atoms with Gasteiger partial charge in [0.15, 0.2) is 0 Å². The van der Waals surface area contributed by atoms with Crippen molar-refractivity contribution in [3.63, 3.8) is 0 Å². The zero-order chi connectivity index (χ0) is 14.4. The Kier molecular flexibility index (Phi) is 4.91. The number of hydrogen-bond donors (Lipinski definition) is 2. The average Bonchev–Trinajstić information content (AvgIpc) is 2.46. The molecule has 0 fully saturated rings. The minimum atomic E-state index is -0.0187. The van der Waals surface area contributed by atoms with E-state index in [1.807, 2.05) is 42.5 Å². The van der Waals surface area contributed by atoms with Crippen LogP contribution in [0.5, 0.6) is 0 Å². The lowest BCUT2D eigenvalue weighted by Gasteiger charge is -2.13. The standard InChI is InChI=1S/C17H20N2O/c1-13(20)19-12-15-7-9-16(10-8-15)17(18)11-14-5-3-2-4-6-14/h2-10,17H,11-12,18H2,1H3,(H,19,20). The molecule has 104 valence electrons. The zero-order valence-corrected chi connectivity index (χ0v) is 11.7. The molecule has 0 aliphatic carbocycles. The first-order chi connectivity index (χ1) is 9.65. The topological polar surface area (TPSA) is 55.1 Å².